The molecule has 2 unspecified atom stereocenters. The topological polar surface area (TPSA) is 15.3 Å². The second-order valence-corrected chi connectivity index (χ2v) is 5.64. The standard InChI is InChI=1S/C13H26N2/c1-3-13(7-4-5-8-14-13)10-12-6-9-15(2)11-12/h12,14H,3-11H2,1-2H3. The highest BCUT2D eigenvalue weighted by Crippen LogP contribution is 2.32. The molecule has 0 saturated carbocycles. The van der Waals surface area contributed by atoms with E-state index < -0.39 is 0 Å². The molecule has 0 amide bonds. The number of nitrogens with zero attached hydrogens (tertiary/aromatic N) is 1. The molecule has 2 aliphatic heterocycles. The Kier molecular flexibility index (Phi) is 3.68. The molecule has 2 rings (SSSR count). The summed E-state index contributed by atoms with van der Waals surface area (Å²) in [7, 11) is 2.26. The van der Waals surface area contributed by atoms with E-state index in [0.717, 1.165) is 5.92 Å². The van der Waals surface area contributed by atoms with Crippen LogP contribution in [-0.2, 0) is 0 Å². The van der Waals surface area contributed by atoms with Crippen molar-refractivity contribution in [2.45, 2.75) is 51.0 Å². The Labute approximate surface area is 94.4 Å². The molecule has 2 heteroatoms. The normalized spacial score (nSPS) is 38.4. The quantitative estimate of drug-likeness (QED) is 0.768. The molecule has 0 aromatic carbocycles. The van der Waals surface area contributed by atoms with Crippen LogP contribution in [0.1, 0.15) is 45.4 Å². The van der Waals surface area contributed by atoms with Crippen molar-refractivity contribution < 1.29 is 0 Å². The summed E-state index contributed by atoms with van der Waals surface area (Å²) in [5, 5.41) is 3.81. The van der Waals surface area contributed by atoms with Crippen molar-refractivity contribution >= 4 is 0 Å². The first-order valence-corrected chi connectivity index (χ1v) is 6.68. The van der Waals surface area contributed by atoms with Crippen molar-refractivity contribution in [3.63, 3.8) is 0 Å². The zero-order valence-electron chi connectivity index (χ0n) is 10.4. The van der Waals surface area contributed by atoms with Crippen LogP contribution in [0.3, 0.4) is 0 Å². The van der Waals surface area contributed by atoms with Crippen LogP contribution in [0.15, 0.2) is 0 Å². The number of nitrogens with one attached hydrogen (secondary N) is 1. The Hall–Kier alpha value is -0.0800. The molecule has 0 aromatic rings. The van der Waals surface area contributed by atoms with Gasteiger partial charge in [-0.25, -0.2) is 0 Å². The summed E-state index contributed by atoms with van der Waals surface area (Å²) in [6, 6.07) is 0. The first-order chi connectivity index (χ1) is 7.24. The average molecular weight is 210 g/mol. The molecule has 2 atom stereocenters. The average Bonchev–Trinajstić information content (AvgIpc) is 2.65. The Morgan fingerprint density at radius 1 is 1.40 bits per heavy atom. The maximum absolute atomic E-state index is 3.81. The van der Waals surface area contributed by atoms with Gasteiger partial charge in [0.05, 0.1) is 0 Å². The molecule has 0 bridgehead atoms. The highest BCUT2D eigenvalue weighted by molar-refractivity contribution is 4.93. The van der Waals surface area contributed by atoms with Crippen LogP contribution in [0.25, 0.3) is 0 Å². The van der Waals surface area contributed by atoms with Crippen LogP contribution in [-0.4, -0.2) is 37.1 Å². The third-order valence-electron chi connectivity index (χ3n) is 4.43. The molecule has 1 N–H and O–H groups in total. The van der Waals surface area contributed by atoms with Crippen molar-refractivity contribution in [3.05, 3.63) is 0 Å². The summed E-state index contributed by atoms with van der Waals surface area (Å²) < 4.78 is 0. The van der Waals surface area contributed by atoms with Gasteiger partial charge in [0.25, 0.3) is 0 Å². The Morgan fingerprint density at radius 3 is 2.80 bits per heavy atom. The molecule has 0 aromatic heterocycles. The lowest BCUT2D eigenvalue weighted by Crippen LogP contribution is -2.49. The second kappa shape index (κ2) is 4.84. The van der Waals surface area contributed by atoms with Crippen LogP contribution in [0.5, 0.6) is 0 Å². The van der Waals surface area contributed by atoms with Crippen LogP contribution in [0.2, 0.25) is 0 Å². The van der Waals surface area contributed by atoms with Crippen LogP contribution >= 0.6 is 0 Å². The van der Waals surface area contributed by atoms with E-state index in [1.54, 1.807) is 0 Å². The van der Waals surface area contributed by atoms with Gasteiger partial charge >= 0.3 is 0 Å². The molecular formula is C13H26N2. The van der Waals surface area contributed by atoms with Gasteiger partial charge in [-0.05, 0) is 58.2 Å². The minimum Gasteiger partial charge on any atom is -0.311 e. The number of hydrogen-bond acceptors (Lipinski definition) is 2. The van der Waals surface area contributed by atoms with E-state index in [1.165, 1.54) is 58.2 Å². The van der Waals surface area contributed by atoms with Gasteiger partial charge in [-0.2, -0.15) is 0 Å². The van der Waals surface area contributed by atoms with E-state index in [-0.39, 0.29) is 0 Å². The smallest absolute Gasteiger partial charge is 0.0182 e. The Morgan fingerprint density at radius 2 is 2.27 bits per heavy atom. The van der Waals surface area contributed by atoms with Gasteiger partial charge in [-0.1, -0.05) is 13.3 Å². The maximum atomic E-state index is 3.81. The minimum absolute atomic E-state index is 0.494. The van der Waals surface area contributed by atoms with Crippen molar-refractivity contribution in [1.29, 1.82) is 0 Å². The molecule has 2 nitrogen and oxygen atoms in total. The Bertz CT molecular complexity index is 197. The van der Waals surface area contributed by atoms with E-state index in [4.69, 9.17) is 0 Å². The van der Waals surface area contributed by atoms with Crippen LogP contribution < -0.4 is 5.32 Å². The lowest BCUT2D eigenvalue weighted by molar-refractivity contribution is 0.195. The molecule has 2 saturated heterocycles. The minimum atomic E-state index is 0.494. The zero-order chi connectivity index (χ0) is 10.7. The highest BCUT2D eigenvalue weighted by Gasteiger charge is 2.34. The van der Waals surface area contributed by atoms with Gasteiger partial charge in [0.15, 0.2) is 0 Å². The lowest BCUT2D eigenvalue weighted by atomic mass is 9.79. The molecule has 0 spiro atoms. The van der Waals surface area contributed by atoms with Gasteiger partial charge in [0, 0.05) is 12.1 Å². The summed E-state index contributed by atoms with van der Waals surface area (Å²) in [4.78, 5) is 2.48. The second-order valence-electron chi connectivity index (χ2n) is 5.64. The largest absolute Gasteiger partial charge is 0.311 e. The fraction of sp³-hybridized carbons (Fsp3) is 1.00. The van der Waals surface area contributed by atoms with Gasteiger partial charge in [-0.15, -0.1) is 0 Å². The predicted octanol–water partition coefficient (Wildman–Crippen LogP) is 2.25. The van der Waals surface area contributed by atoms with Gasteiger partial charge in [0.2, 0.25) is 0 Å². The summed E-state index contributed by atoms with van der Waals surface area (Å²) in [5.41, 5.74) is 0.494. The fourth-order valence-electron chi connectivity index (χ4n) is 3.40. The van der Waals surface area contributed by atoms with E-state index in [1.807, 2.05) is 0 Å². The van der Waals surface area contributed by atoms with Crippen molar-refractivity contribution in [1.82, 2.24) is 10.2 Å². The molecule has 2 heterocycles. The summed E-state index contributed by atoms with van der Waals surface area (Å²) >= 11 is 0. The van der Waals surface area contributed by atoms with E-state index in [0.29, 0.717) is 5.54 Å². The first-order valence-electron chi connectivity index (χ1n) is 6.68. The zero-order valence-corrected chi connectivity index (χ0v) is 10.4. The fourth-order valence-corrected chi connectivity index (χ4v) is 3.40. The van der Waals surface area contributed by atoms with Gasteiger partial charge in [0.1, 0.15) is 0 Å². The molecule has 2 aliphatic rings. The summed E-state index contributed by atoms with van der Waals surface area (Å²) in [6.45, 7) is 6.24. The molecule has 88 valence electrons. The molecule has 0 radical (unpaired) electrons. The number of hydrogen-bond donors (Lipinski definition) is 1. The number of piperidine rings is 1. The third-order valence-corrected chi connectivity index (χ3v) is 4.43. The van der Waals surface area contributed by atoms with Gasteiger partial charge in [-0.3, -0.25) is 0 Å². The first kappa shape index (κ1) is 11.4. The number of rotatable bonds is 3. The predicted molar refractivity (Wildman–Crippen MR) is 65.1 cm³/mol. The van der Waals surface area contributed by atoms with Crippen molar-refractivity contribution in [3.8, 4) is 0 Å². The summed E-state index contributed by atoms with van der Waals surface area (Å²) in [5.74, 6) is 0.945. The van der Waals surface area contributed by atoms with E-state index in [2.05, 4.69) is 24.2 Å². The van der Waals surface area contributed by atoms with Crippen LogP contribution in [0, 0.1) is 5.92 Å². The maximum Gasteiger partial charge on any atom is 0.0182 e. The highest BCUT2D eigenvalue weighted by atomic mass is 15.1. The van der Waals surface area contributed by atoms with Crippen molar-refractivity contribution in [2.75, 3.05) is 26.7 Å². The third kappa shape index (κ3) is 2.73. The monoisotopic (exact) mass is 210 g/mol. The molecular weight excluding hydrogens is 184 g/mol. The van der Waals surface area contributed by atoms with Crippen molar-refractivity contribution in [2.24, 2.45) is 5.92 Å². The van der Waals surface area contributed by atoms with Gasteiger partial charge < -0.3 is 10.2 Å². The molecule has 15 heavy (non-hydrogen) atoms. The van der Waals surface area contributed by atoms with E-state index in [9.17, 15) is 0 Å². The van der Waals surface area contributed by atoms with Crippen LogP contribution in [0.4, 0.5) is 0 Å². The molecule has 0 aliphatic carbocycles. The number of likely N-dealkylation sites (tertiary alicyclic amines) is 1. The molecule has 2 fully saturated rings. The lowest BCUT2D eigenvalue weighted by Gasteiger charge is -2.39. The van der Waals surface area contributed by atoms with E-state index >= 15 is 0 Å². The Balaban J connectivity index is 1.89. The summed E-state index contributed by atoms with van der Waals surface area (Å²) in [6.07, 6.45) is 8.36. The SMILES string of the molecule is CCC1(CC2CCN(C)C2)CCCCN1.